The van der Waals surface area contributed by atoms with Crippen LogP contribution in [0.4, 0.5) is 5.82 Å². The number of amides is 1. The van der Waals surface area contributed by atoms with Crippen LogP contribution < -0.4 is 9.64 Å². The van der Waals surface area contributed by atoms with Crippen molar-refractivity contribution in [1.29, 1.82) is 0 Å². The van der Waals surface area contributed by atoms with Gasteiger partial charge in [-0.2, -0.15) is 9.97 Å². The van der Waals surface area contributed by atoms with Crippen LogP contribution >= 0.6 is 0 Å². The zero-order valence-corrected chi connectivity index (χ0v) is 19.8. The van der Waals surface area contributed by atoms with E-state index in [0.717, 1.165) is 17.1 Å². The molecule has 5 rings (SSSR count). The minimum absolute atomic E-state index is 0.0909. The van der Waals surface area contributed by atoms with E-state index in [1.165, 1.54) is 21.9 Å². The van der Waals surface area contributed by atoms with Gasteiger partial charge in [-0.15, -0.1) is 0 Å². The summed E-state index contributed by atoms with van der Waals surface area (Å²) in [6.45, 7) is 6.82. The maximum absolute atomic E-state index is 12.1. The molecule has 2 aliphatic rings. The van der Waals surface area contributed by atoms with Crippen LogP contribution in [-0.4, -0.2) is 54.1 Å². The summed E-state index contributed by atoms with van der Waals surface area (Å²) in [7, 11) is 1.59. The number of aromatic nitrogens is 2. The van der Waals surface area contributed by atoms with Gasteiger partial charge in [-0.3, -0.25) is 4.79 Å². The molecule has 2 aromatic carbocycles. The van der Waals surface area contributed by atoms with Crippen molar-refractivity contribution >= 4 is 22.5 Å². The summed E-state index contributed by atoms with van der Waals surface area (Å²) in [5.41, 5.74) is 4.38. The van der Waals surface area contributed by atoms with Crippen LogP contribution in [0.2, 0.25) is 0 Å². The Bertz CT molecular complexity index is 1300. The Balaban J connectivity index is 1.44. The zero-order chi connectivity index (χ0) is 23.7. The summed E-state index contributed by atoms with van der Waals surface area (Å²) in [6, 6.07) is 13.1. The first-order valence-corrected chi connectivity index (χ1v) is 11.6. The van der Waals surface area contributed by atoms with E-state index in [1.54, 1.807) is 18.9 Å². The first-order valence-electron chi connectivity index (χ1n) is 11.6. The number of carbonyl (C=O) groups is 1. The molecule has 1 fully saturated rings. The molecule has 1 amide bonds. The molecule has 1 saturated heterocycles. The molecule has 7 heteroatoms. The summed E-state index contributed by atoms with van der Waals surface area (Å²) in [4.78, 5) is 25.5. The minimum Gasteiger partial charge on any atom is -0.467 e. The van der Waals surface area contributed by atoms with Gasteiger partial charge >= 0.3 is 6.01 Å². The van der Waals surface area contributed by atoms with Crippen molar-refractivity contribution in [2.75, 3.05) is 38.2 Å². The van der Waals surface area contributed by atoms with Crippen LogP contribution in [0.15, 0.2) is 36.4 Å². The summed E-state index contributed by atoms with van der Waals surface area (Å²) in [6.07, 6.45) is 0.561. The second-order valence-corrected chi connectivity index (χ2v) is 8.64. The number of hydrogen-bond donors (Lipinski definition) is 0. The third kappa shape index (κ3) is 4.06. The molecule has 3 heterocycles. The molecular formula is C27H28N4O3. The van der Waals surface area contributed by atoms with Crippen molar-refractivity contribution in [2.45, 2.75) is 33.0 Å². The standard InChI is InChI=1S/C27H28N4O3/c1-4-7-24(32)30-12-14-31(15-13-30)26-21-17-34-23(16-22(21)28-27(29-26)33-3)20-11-6-10-19-9-5-8-18(2)25(19)20/h5-6,8-11,23H,12-17H2,1-3H3. The topological polar surface area (TPSA) is 67.8 Å². The highest BCUT2D eigenvalue weighted by Crippen LogP contribution is 2.38. The number of methoxy groups -OCH3 is 1. The number of hydrogen-bond acceptors (Lipinski definition) is 6. The fourth-order valence-corrected chi connectivity index (χ4v) is 4.92. The third-order valence-corrected chi connectivity index (χ3v) is 6.63. The largest absolute Gasteiger partial charge is 0.467 e. The number of nitrogens with zero attached hydrogens (tertiary/aromatic N) is 4. The van der Waals surface area contributed by atoms with E-state index in [4.69, 9.17) is 14.5 Å². The average Bonchev–Trinajstić information content (AvgIpc) is 2.87. The number of benzene rings is 2. The number of carbonyl (C=O) groups excluding carboxylic acids is 1. The van der Waals surface area contributed by atoms with E-state index < -0.39 is 0 Å². The Hall–Kier alpha value is -3.63. The zero-order valence-electron chi connectivity index (χ0n) is 19.8. The minimum atomic E-state index is -0.124. The molecule has 0 N–H and O–H groups in total. The average molecular weight is 457 g/mol. The molecule has 1 atom stereocenters. The quantitative estimate of drug-likeness (QED) is 0.563. The highest BCUT2D eigenvalue weighted by Gasteiger charge is 2.30. The first-order chi connectivity index (χ1) is 16.6. The van der Waals surface area contributed by atoms with Gasteiger partial charge in [0.25, 0.3) is 5.91 Å². The number of fused-ring (bicyclic) bond motifs is 2. The van der Waals surface area contributed by atoms with E-state index in [0.29, 0.717) is 45.2 Å². The molecular weight excluding hydrogens is 428 g/mol. The second-order valence-electron chi connectivity index (χ2n) is 8.64. The van der Waals surface area contributed by atoms with Gasteiger partial charge in [-0.25, -0.2) is 0 Å². The molecule has 7 nitrogen and oxygen atoms in total. The maximum Gasteiger partial charge on any atom is 0.318 e. The fourth-order valence-electron chi connectivity index (χ4n) is 4.92. The van der Waals surface area contributed by atoms with Crippen LogP contribution in [0.1, 0.15) is 35.4 Å². The SMILES string of the molecule is CC#CC(=O)N1CCN(c2nc(OC)nc3c2COC(c2cccc4cccc(C)c24)C3)CC1. The molecule has 34 heavy (non-hydrogen) atoms. The molecule has 1 unspecified atom stereocenters. The summed E-state index contributed by atoms with van der Waals surface area (Å²) >= 11 is 0. The van der Waals surface area contributed by atoms with Gasteiger partial charge in [0.2, 0.25) is 0 Å². The van der Waals surface area contributed by atoms with Crippen molar-refractivity contribution in [1.82, 2.24) is 14.9 Å². The number of rotatable bonds is 3. The summed E-state index contributed by atoms with van der Waals surface area (Å²) < 4.78 is 11.9. The highest BCUT2D eigenvalue weighted by atomic mass is 16.5. The summed E-state index contributed by atoms with van der Waals surface area (Å²) in [5.74, 6) is 6.03. The first kappa shape index (κ1) is 22.2. The lowest BCUT2D eigenvalue weighted by atomic mass is 9.92. The number of ether oxygens (including phenoxy) is 2. The van der Waals surface area contributed by atoms with Crippen molar-refractivity contribution in [3.8, 4) is 17.9 Å². The Kier molecular flexibility index (Phi) is 6.08. The Morgan fingerprint density at radius 2 is 1.88 bits per heavy atom. The van der Waals surface area contributed by atoms with Crippen molar-refractivity contribution in [3.05, 3.63) is 58.8 Å². The Morgan fingerprint density at radius 3 is 2.62 bits per heavy atom. The van der Waals surface area contributed by atoms with Gasteiger partial charge in [0.05, 0.1) is 25.5 Å². The Labute approximate surface area is 199 Å². The van der Waals surface area contributed by atoms with Crippen LogP contribution in [0, 0.1) is 18.8 Å². The number of aryl methyl sites for hydroxylation is 1. The maximum atomic E-state index is 12.1. The van der Waals surface area contributed by atoms with Gasteiger partial charge in [0.15, 0.2) is 0 Å². The van der Waals surface area contributed by atoms with E-state index in [1.807, 2.05) is 0 Å². The molecule has 0 saturated carbocycles. The molecule has 0 aliphatic carbocycles. The van der Waals surface area contributed by atoms with E-state index >= 15 is 0 Å². The number of anilines is 1. The van der Waals surface area contributed by atoms with Gasteiger partial charge in [0, 0.05) is 38.2 Å². The Morgan fingerprint density at radius 1 is 1.12 bits per heavy atom. The normalized spacial score (nSPS) is 17.7. The van der Waals surface area contributed by atoms with Crippen LogP contribution in [0.3, 0.4) is 0 Å². The van der Waals surface area contributed by atoms with Crippen LogP contribution in [0.5, 0.6) is 6.01 Å². The van der Waals surface area contributed by atoms with Crippen molar-refractivity contribution < 1.29 is 14.3 Å². The molecule has 2 aliphatic heterocycles. The molecule has 1 aromatic heterocycles. The van der Waals surface area contributed by atoms with Crippen LogP contribution in [-0.2, 0) is 22.6 Å². The van der Waals surface area contributed by atoms with Gasteiger partial charge in [-0.05, 0) is 41.7 Å². The van der Waals surface area contributed by atoms with Crippen molar-refractivity contribution in [2.24, 2.45) is 0 Å². The monoisotopic (exact) mass is 456 g/mol. The number of piperazine rings is 1. The predicted octanol–water partition coefficient (Wildman–Crippen LogP) is 3.43. The van der Waals surface area contributed by atoms with Crippen LogP contribution in [0.25, 0.3) is 10.8 Å². The lowest BCUT2D eigenvalue weighted by Crippen LogP contribution is -2.49. The van der Waals surface area contributed by atoms with E-state index in [-0.39, 0.29) is 12.0 Å². The highest BCUT2D eigenvalue weighted by molar-refractivity contribution is 5.93. The lowest BCUT2D eigenvalue weighted by molar-refractivity contribution is -0.125. The molecule has 0 bridgehead atoms. The van der Waals surface area contributed by atoms with Gasteiger partial charge in [-0.1, -0.05) is 42.3 Å². The predicted molar refractivity (Wildman–Crippen MR) is 131 cm³/mol. The third-order valence-electron chi connectivity index (χ3n) is 6.63. The summed E-state index contributed by atoms with van der Waals surface area (Å²) in [5, 5.41) is 2.46. The fraction of sp³-hybridized carbons (Fsp3) is 0.370. The van der Waals surface area contributed by atoms with E-state index in [9.17, 15) is 4.79 Å². The molecule has 0 radical (unpaired) electrons. The molecule has 0 spiro atoms. The molecule has 174 valence electrons. The van der Waals surface area contributed by atoms with Gasteiger partial charge < -0.3 is 19.3 Å². The smallest absolute Gasteiger partial charge is 0.318 e. The van der Waals surface area contributed by atoms with Gasteiger partial charge in [0.1, 0.15) is 5.82 Å². The van der Waals surface area contributed by atoms with Crippen molar-refractivity contribution in [3.63, 3.8) is 0 Å². The lowest BCUT2D eigenvalue weighted by Gasteiger charge is -2.36. The van der Waals surface area contributed by atoms with E-state index in [2.05, 4.69) is 65.0 Å². The second kappa shape index (κ2) is 9.32. The molecule has 3 aromatic rings.